The summed E-state index contributed by atoms with van der Waals surface area (Å²) >= 11 is 0. The van der Waals surface area contributed by atoms with Crippen LogP contribution in [0.15, 0.2) is 60.7 Å². The van der Waals surface area contributed by atoms with Crippen LogP contribution in [-0.4, -0.2) is 69.3 Å². The molecule has 2 aromatic carbocycles. The van der Waals surface area contributed by atoms with Gasteiger partial charge in [-0.25, -0.2) is 0 Å². The summed E-state index contributed by atoms with van der Waals surface area (Å²) in [5.74, 6) is 1.01. The number of ether oxygens (including phenoxy) is 4. The summed E-state index contributed by atoms with van der Waals surface area (Å²) in [6.45, 7) is 3.33. The van der Waals surface area contributed by atoms with Crippen molar-refractivity contribution in [1.29, 1.82) is 0 Å². The van der Waals surface area contributed by atoms with Gasteiger partial charge in [-0.05, 0) is 48.1 Å². The standard InChI is InChI=1S/C31H39NO6/c1-35-26-15-13-25(14-16-26)24-11-9-23(10-12-24)22-38-29-21-28(33)31(32-17-19-37-20-18-32)27(29)7-5-3-4-6-8-30(34)36-2/h3,5,9-16,27,29,31H,4,6-8,17-22H2,1-2H3/t27-,29-,31+/m0/s1. The predicted molar refractivity (Wildman–Crippen MR) is 146 cm³/mol. The van der Waals surface area contributed by atoms with Crippen molar-refractivity contribution in [2.75, 3.05) is 40.5 Å². The largest absolute Gasteiger partial charge is 0.497 e. The van der Waals surface area contributed by atoms with E-state index in [1.54, 1.807) is 7.11 Å². The molecular formula is C31H39NO6. The fourth-order valence-electron chi connectivity index (χ4n) is 5.32. The third-order valence-corrected chi connectivity index (χ3v) is 7.45. The average molecular weight is 522 g/mol. The normalized spacial score (nSPS) is 22.2. The highest BCUT2D eigenvalue weighted by Crippen LogP contribution is 2.34. The molecule has 204 valence electrons. The first-order valence-corrected chi connectivity index (χ1v) is 13.5. The molecule has 0 amide bonds. The molecule has 1 heterocycles. The van der Waals surface area contributed by atoms with E-state index in [4.69, 9.17) is 18.9 Å². The first-order chi connectivity index (χ1) is 18.6. The molecule has 7 nitrogen and oxygen atoms in total. The van der Waals surface area contributed by atoms with Crippen molar-refractivity contribution >= 4 is 11.8 Å². The van der Waals surface area contributed by atoms with Crippen molar-refractivity contribution < 1.29 is 28.5 Å². The van der Waals surface area contributed by atoms with Gasteiger partial charge in [-0.3, -0.25) is 14.5 Å². The first kappa shape index (κ1) is 28.0. The van der Waals surface area contributed by atoms with Gasteiger partial charge in [0.05, 0.1) is 46.2 Å². The molecule has 2 aliphatic rings. The van der Waals surface area contributed by atoms with E-state index in [9.17, 15) is 9.59 Å². The van der Waals surface area contributed by atoms with E-state index >= 15 is 0 Å². The fourth-order valence-corrected chi connectivity index (χ4v) is 5.32. The molecule has 38 heavy (non-hydrogen) atoms. The van der Waals surface area contributed by atoms with Gasteiger partial charge in [0, 0.05) is 31.8 Å². The lowest BCUT2D eigenvalue weighted by Gasteiger charge is -2.35. The van der Waals surface area contributed by atoms with Crippen LogP contribution in [-0.2, 0) is 30.4 Å². The molecule has 1 saturated carbocycles. The number of morpholine rings is 1. The van der Waals surface area contributed by atoms with Crippen LogP contribution in [0.1, 0.15) is 37.7 Å². The number of hydrogen-bond donors (Lipinski definition) is 0. The number of rotatable bonds is 12. The van der Waals surface area contributed by atoms with Crippen molar-refractivity contribution in [3.05, 3.63) is 66.2 Å². The number of esters is 1. The van der Waals surface area contributed by atoms with Crippen molar-refractivity contribution in [2.45, 2.75) is 50.9 Å². The fraction of sp³-hybridized carbons (Fsp3) is 0.484. The minimum Gasteiger partial charge on any atom is -0.497 e. The number of unbranched alkanes of at least 4 members (excludes halogenated alkanes) is 1. The smallest absolute Gasteiger partial charge is 0.305 e. The maximum atomic E-state index is 13.1. The van der Waals surface area contributed by atoms with Gasteiger partial charge in [-0.2, -0.15) is 0 Å². The van der Waals surface area contributed by atoms with Crippen molar-refractivity contribution in [3.8, 4) is 16.9 Å². The molecule has 1 aliphatic carbocycles. The molecule has 2 aromatic rings. The third-order valence-electron chi connectivity index (χ3n) is 7.45. The Hall–Kier alpha value is -3.00. The zero-order valence-electron chi connectivity index (χ0n) is 22.5. The molecule has 1 saturated heterocycles. The molecule has 1 aliphatic heterocycles. The van der Waals surface area contributed by atoms with E-state index in [0.717, 1.165) is 54.8 Å². The first-order valence-electron chi connectivity index (χ1n) is 13.5. The second kappa shape index (κ2) is 14.2. The lowest BCUT2D eigenvalue weighted by molar-refractivity contribution is -0.140. The molecule has 0 N–H and O–H groups in total. The number of carbonyl (C=O) groups is 2. The van der Waals surface area contributed by atoms with Gasteiger partial charge >= 0.3 is 5.97 Å². The van der Waals surface area contributed by atoms with Gasteiger partial charge in [0.15, 0.2) is 5.78 Å². The SMILES string of the molecule is COC(=O)CCCC=CC[C@H]1[C@@H](OCc2ccc(-c3ccc(OC)cc3)cc2)CC(=O)[C@@H]1N1CCOCC1. The van der Waals surface area contributed by atoms with Crippen LogP contribution in [0, 0.1) is 5.92 Å². The molecule has 0 spiro atoms. The Bertz CT molecular complexity index is 1060. The zero-order chi connectivity index (χ0) is 26.7. The van der Waals surface area contributed by atoms with Gasteiger partial charge in [-0.15, -0.1) is 0 Å². The average Bonchev–Trinajstić information content (AvgIpc) is 3.28. The number of methoxy groups -OCH3 is 2. The Balaban J connectivity index is 1.37. The minimum atomic E-state index is -0.183. The number of nitrogens with zero attached hydrogens (tertiary/aromatic N) is 1. The minimum absolute atomic E-state index is 0.0935. The van der Waals surface area contributed by atoms with E-state index in [1.807, 2.05) is 24.3 Å². The second-order valence-electron chi connectivity index (χ2n) is 9.88. The third kappa shape index (κ3) is 7.53. The number of ketones is 1. The van der Waals surface area contributed by atoms with Crippen LogP contribution >= 0.6 is 0 Å². The van der Waals surface area contributed by atoms with Crippen LogP contribution in [0.25, 0.3) is 11.1 Å². The molecule has 7 heteroatoms. The Labute approximate surface area is 225 Å². The quantitative estimate of drug-likeness (QED) is 0.225. The Morgan fingerprint density at radius 2 is 1.68 bits per heavy atom. The number of benzene rings is 2. The van der Waals surface area contributed by atoms with Crippen LogP contribution in [0.5, 0.6) is 5.75 Å². The van der Waals surface area contributed by atoms with Gasteiger partial charge in [-0.1, -0.05) is 48.6 Å². The number of allylic oxidation sites excluding steroid dienone is 2. The Morgan fingerprint density at radius 1 is 1.00 bits per heavy atom. The monoisotopic (exact) mass is 521 g/mol. The van der Waals surface area contributed by atoms with E-state index in [-0.39, 0.29) is 29.8 Å². The van der Waals surface area contributed by atoms with E-state index in [2.05, 4.69) is 41.3 Å². The maximum Gasteiger partial charge on any atom is 0.305 e. The molecule has 0 radical (unpaired) electrons. The van der Waals surface area contributed by atoms with Gasteiger partial charge < -0.3 is 18.9 Å². The van der Waals surface area contributed by atoms with E-state index in [0.29, 0.717) is 32.7 Å². The van der Waals surface area contributed by atoms with Gasteiger partial charge in [0.1, 0.15) is 5.75 Å². The summed E-state index contributed by atoms with van der Waals surface area (Å²) in [5, 5.41) is 0. The highest BCUT2D eigenvalue weighted by atomic mass is 16.5. The van der Waals surface area contributed by atoms with Crippen molar-refractivity contribution in [3.63, 3.8) is 0 Å². The molecule has 0 bridgehead atoms. The van der Waals surface area contributed by atoms with Crippen molar-refractivity contribution in [1.82, 2.24) is 4.90 Å². The van der Waals surface area contributed by atoms with Gasteiger partial charge in [0.25, 0.3) is 0 Å². The van der Waals surface area contributed by atoms with Gasteiger partial charge in [0.2, 0.25) is 0 Å². The summed E-state index contributed by atoms with van der Waals surface area (Å²) in [6.07, 6.45) is 7.32. The lowest BCUT2D eigenvalue weighted by atomic mass is 9.95. The molecule has 3 atom stereocenters. The molecule has 4 rings (SSSR count). The topological polar surface area (TPSA) is 74.3 Å². The number of Topliss-reactive ketones (excluding diaryl/α,β-unsaturated/α-hetero) is 1. The molecule has 2 fully saturated rings. The highest BCUT2D eigenvalue weighted by Gasteiger charge is 2.45. The lowest BCUT2D eigenvalue weighted by Crippen LogP contribution is -2.49. The van der Waals surface area contributed by atoms with E-state index in [1.165, 1.54) is 7.11 Å². The van der Waals surface area contributed by atoms with Crippen LogP contribution in [0.4, 0.5) is 0 Å². The molecular weight excluding hydrogens is 482 g/mol. The second-order valence-corrected chi connectivity index (χ2v) is 9.88. The summed E-state index contributed by atoms with van der Waals surface area (Å²) < 4.78 is 21.9. The molecule has 0 aromatic heterocycles. The summed E-state index contributed by atoms with van der Waals surface area (Å²) in [5.41, 5.74) is 3.35. The molecule has 0 unspecified atom stereocenters. The Kier molecular flexibility index (Phi) is 10.5. The predicted octanol–water partition coefficient (Wildman–Crippen LogP) is 4.83. The highest BCUT2D eigenvalue weighted by molar-refractivity contribution is 5.87. The zero-order valence-corrected chi connectivity index (χ0v) is 22.5. The van der Waals surface area contributed by atoms with Crippen LogP contribution in [0.3, 0.4) is 0 Å². The maximum absolute atomic E-state index is 13.1. The summed E-state index contributed by atoms with van der Waals surface area (Å²) in [6, 6.07) is 16.3. The van der Waals surface area contributed by atoms with Crippen LogP contribution < -0.4 is 4.74 Å². The number of hydrogen-bond acceptors (Lipinski definition) is 7. The van der Waals surface area contributed by atoms with E-state index < -0.39 is 0 Å². The van der Waals surface area contributed by atoms with Crippen LogP contribution in [0.2, 0.25) is 0 Å². The summed E-state index contributed by atoms with van der Waals surface area (Å²) in [4.78, 5) is 26.8. The number of carbonyl (C=O) groups excluding carboxylic acids is 2. The Morgan fingerprint density at radius 3 is 2.34 bits per heavy atom. The summed E-state index contributed by atoms with van der Waals surface area (Å²) in [7, 11) is 3.08. The van der Waals surface area contributed by atoms with Crippen molar-refractivity contribution in [2.24, 2.45) is 5.92 Å².